The topological polar surface area (TPSA) is 89.1 Å². The minimum atomic E-state index is 0.667. The van der Waals surface area contributed by atoms with E-state index in [9.17, 15) is 0 Å². The van der Waals surface area contributed by atoms with Gasteiger partial charge in [0.15, 0.2) is 0 Å². The first-order chi connectivity index (χ1) is 11.4. The summed E-state index contributed by atoms with van der Waals surface area (Å²) in [5.74, 6) is 0. The molecule has 0 saturated carbocycles. The summed E-state index contributed by atoms with van der Waals surface area (Å²) in [5, 5.41) is 11.7. The number of furan rings is 1. The van der Waals surface area contributed by atoms with Gasteiger partial charge in [0.1, 0.15) is 0 Å². The van der Waals surface area contributed by atoms with E-state index < -0.39 is 0 Å². The maximum Gasteiger partial charge on any atom is 0.0980 e. The number of aromatic amines is 1. The Morgan fingerprint density at radius 2 is 2.17 bits per heavy atom. The summed E-state index contributed by atoms with van der Waals surface area (Å²) in [6, 6.07) is 6.13. The van der Waals surface area contributed by atoms with E-state index in [1.165, 1.54) is 0 Å². The van der Waals surface area contributed by atoms with Gasteiger partial charge in [-0.2, -0.15) is 5.10 Å². The lowest BCUT2D eigenvalue weighted by molar-refractivity contribution is 0.140. The van der Waals surface area contributed by atoms with Crippen LogP contribution in [0.1, 0.15) is 12.8 Å². The van der Waals surface area contributed by atoms with Crippen LogP contribution in [0.15, 0.2) is 41.3 Å². The van der Waals surface area contributed by atoms with Crippen molar-refractivity contribution in [3.63, 3.8) is 0 Å². The number of ether oxygens (including phenoxy) is 1. The van der Waals surface area contributed by atoms with Crippen molar-refractivity contribution in [2.75, 3.05) is 31.6 Å². The summed E-state index contributed by atoms with van der Waals surface area (Å²) in [4.78, 5) is 0. The van der Waals surface area contributed by atoms with Crippen molar-refractivity contribution in [2.45, 2.75) is 12.8 Å². The van der Waals surface area contributed by atoms with Gasteiger partial charge in [-0.3, -0.25) is 5.10 Å². The minimum absolute atomic E-state index is 0.667. The Kier molecular flexibility index (Phi) is 5.29. The van der Waals surface area contributed by atoms with Crippen molar-refractivity contribution in [1.29, 1.82) is 0 Å². The molecule has 6 nitrogen and oxygen atoms in total. The van der Waals surface area contributed by atoms with Crippen LogP contribution in [0.4, 0.5) is 5.69 Å². The largest absolute Gasteiger partial charge is 0.472 e. The molecule has 0 spiro atoms. The molecule has 2 aromatic heterocycles. The van der Waals surface area contributed by atoms with Crippen molar-refractivity contribution in [3.05, 3.63) is 36.9 Å². The van der Waals surface area contributed by atoms with Gasteiger partial charge in [-0.1, -0.05) is 0 Å². The number of anilines is 1. The maximum atomic E-state index is 5.60. The monoisotopic (exact) mass is 314 g/mol. The number of rotatable bonds is 9. The molecule has 0 aliphatic carbocycles. The number of benzene rings is 1. The number of fused-ring (bicyclic) bond motifs is 1. The van der Waals surface area contributed by atoms with Crippen LogP contribution in [0.2, 0.25) is 0 Å². The average molecular weight is 314 g/mol. The Hall–Kier alpha value is -2.31. The zero-order valence-electron chi connectivity index (χ0n) is 13.0. The second-order valence-corrected chi connectivity index (χ2v) is 5.40. The average Bonchev–Trinajstić information content (AvgIpc) is 3.24. The first-order valence-electron chi connectivity index (χ1n) is 7.90. The van der Waals surface area contributed by atoms with Crippen LogP contribution in [0.3, 0.4) is 0 Å². The summed E-state index contributed by atoms with van der Waals surface area (Å²) >= 11 is 0. The molecule has 0 unspecified atom stereocenters. The van der Waals surface area contributed by atoms with Gasteiger partial charge in [0.05, 0.1) is 30.8 Å². The number of unbranched alkanes of at least 4 members (excludes halogenated alkanes) is 1. The molecule has 0 aliphatic heterocycles. The summed E-state index contributed by atoms with van der Waals surface area (Å²) in [7, 11) is 0. The molecule has 0 saturated heterocycles. The van der Waals surface area contributed by atoms with Crippen molar-refractivity contribution >= 4 is 16.6 Å². The fourth-order valence-corrected chi connectivity index (χ4v) is 2.50. The fraction of sp³-hybridized carbons (Fsp3) is 0.353. The summed E-state index contributed by atoms with van der Waals surface area (Å²) in [6.07, 6.45) is 7.27. The van der Waals surface area contributed by atoms with Gasteiger partial charge in [-0.25, -0.2) is 0 Å². The lowest BCUT2D eigenvalue weighted by Crippen LogP contribution is -2.11. The van der Waals surface area contributed by atoms with Crippen molar-refractivity contribution in [1.82, 2.24) is 10.2 Å². The lowest BCUT2D eigenvalue weighted by atomic mass is 10.1. The summed E-state index contributed by atoms with van der Waals surface area (Å²) in [6.45, 7) is 2.90. The first kappa shape index (κ1) is 15.6. The predicted octanol–water partition coefficient (Wildman–Crippen LogP) is 2.99. The molecule has 1 aromatic carbocycles. The van der Waals surface area contributed by atoms with Gasteiger partial charge in [0.2, 0.25) is 0 Å². The molecule has 0 atom stereocenters. The van der Waals surface area contributed by atoms with E-state index in [0.29, 0.717) is 6.61 Å². The minimum Gasteiger partial charge on any atom is -0.472 e. The van der Waals surface area contributed by atoms with E-state index in [1.807, 2.05) is 12.3 Å². The van der Waals surface area contributed by atoms with Crippen molar-refractivity contribution in [3.8, 4) is 11.1 Å². The number of nitrogens with two attached hydrogens (primary N) is 1. The Morgan fingerprint density at radius 1 is 1.22 bits per heavy atom. The second-order valence-electron chi connectivity index (χ2n) is 5.40. The summed E-state index contributed by atoms with van der Waals surface area (Å²) in [5.41, 5.74) is 9.62. The van der Waals surface area contributed by atoms with Crippen LogP contribution in [-0.2, 0) is 4.74 Å². The quantitative estimate of drug-likeness (QED) is 0.528. The van der Waals surface area contributed by atoms with Gasteiger partial charge in [0.25, 0.3) is 0 Å². The Balaban J connectivity index is 1.64. The van der Waals surface area contributed by atoms with E-state index in [4.69, 9.17) is 14.9 Å². The Morgan fingerprint density at radius 3 is 3.00 bits per heavy atom. The number of hydrogen-bond acceptors (Lipinski definition) is 5. The smallest absolute Gasteiger partial charge is 0.0980 e. The van der Waals surface area contributed by atoms with Gasteiger partial charge in [-0.15, -0.1) is 0 Å². The predicted molar refractivity (Wildman–Crippen MR) is 91.4 cm³/mol. The van der Waals surface area contributed by atoms with Crippen molar-refractivity contribution in [2.24, 2.45) is 5.73 Å². The molecule has 3 rings (SSSR count). The number of H-pyrrole nitrogens is 1. The van der Waals surface area contributed by atoms with E-state index in [1.54, 1.807) is 12.5 Å². The molecule has 2 heterocycles. The van der Waals surface area contributed by atoms with E-state index in [0.717, 1.165) is 60.3 Å². The second kappa shape index (κ2) is 7.80. The van der Waals surface area contributed by atoms with Gasteiger partial charge < -0.3 is 20.2 Å². The molecule has 0 radical (unpaired) electrons. The zero-order chi connectivity index (χ0) is 15.9. The molecule has 4 N–H and O–H groups in total. The normalized spacial score (nSPS) is 11.2. The highest BCUT2D eigenvalue weighted by Gasteiger charge is 2.08. The summed E-state index contributed by atoms with van der Waals surface area (Å²) < 4.78 is 10.8. The number of aromatic nitrogens is 2. The molecular formula is C17H22N4O2. The molecule has 6 heteroatoms. The molecule has 0 bridgehead atoms. The number of nitrogens with one attached hydrogen (secondary N) is 2. The first-order valence-corrected chi connectivity index (χ1v) is 7.90. The van der Waals surface area contributed by atoms with Crippen LogP contribution >= 0.6 is 0 Å². The van der Waals surface area contributed by atoms with Crippen LogP contribution < -0.4 is 11.1 Å². The molecule has 0 aliphatic rings. The number of hydrogen-bond donors (Lipinski definition) is 3. The highest BCUT2D eigenvalue weighted by Crippen LogP contribution is 2.30. The SMILES string of the molecule is NCCCCOCCNc1cc(-c2ccoc2)cc2[nH]ncc12. The fourth-order valence-electron chi connectivity index (χ4n) is 2.50. The number of nitrogens with zero attached hydrogens (tertiary/aromatic N) is 1. The van der Waals surface area contributed by atoms with Gasteiger partial charge in [0, 0.05) is 29.8 Å². The van der Waals surface area contributed by atoms with Gasteiger partial charge in [-0.05, 0) is 43.1 Å². The Bertz CT molecular complexity index is 721. The highest BCUT2D eigenvalue weighted by molar-refractivity contribution is 5.95. The molecule has 0 amide bonds. The third kappa shape index (κ3) is 3.91. The van der Waals surface area contributed by atoms with Crippen molar-refractivity contribution < 1.29 is 9.15 Å². The third-order valence-electron chi connectivity index (χ3n) is 3.72. The highest BCUT2D eigenvalue weighted by atomic mass is 16.5. The van der Waals surface area contributed by atoms with E-state index in [2.05, 4.69) is 27.6 Å². The lowest BCUT2D eigenvalue weighted by Gasteiger charge is -2.10. The molecule has 23 heavy (non-hydrogen) atoms. The van der Waals surface area contributed by atoms with E-state index >= 15 is 0 Å². The van der Waals surface area contributed by atoms with Gasteiger partial charge >= 0.3 is 0 Å². The standard InChI is InChI=1S/C17H22N4O2/c18-4-1-2-6-22-8-5-19-16-9-14(13-3-7-23-12-13)10-17-15(16)11-20-21-17/h3,7,9-12,19H,1-2,4-6,8,18H2,(H,20,21). The Labute approximate surface area is 135 Å². The van der Waals surface area contributed by atoms with E-state index in [-0.39, 0.29) is 0 Å². The molecule has 3 aromatic rings. The maximum absolute atomic E-state index is 5.60. The third-order valence-corrected chi connectivity index (χ3v) is 3.72. The van der Waals surface area contributed by atoms with Crippen LogP contribution in [-0.4, -0.2) is 36.5 Å². The molecule has 122 valence electrons. The molecule has 0 fully saturated rings. The van der Waals surface area contributed by atoms with Crippen LogP contribution in [0.25, 0.3) is 22.0 Å². The zero-order valence-corrected chi connectivity index (χ0v) is 13.0. The van der Waals surface area contributed by atoms with Crippen LogP contribution in [0.5, 0.6) is 0 Å². The molecular weight excluding hydrogens is 292 g/mol. The van der Waals surface area contributed by atoms with Crippen LogP contribution in [0, 0.1) is 0 Å².